The Labute approximate surface area is 185 Å². The number of anilines is 1. The number of ether oxygens (including phenoxy) is 1. The molecule has 9 heteroatoms. The van der Waals surface area contributed by atoms with Gasteiger partial charge in [0.1, 0.15) is 12.4 Å². The van der Waals surface area contributed by atoms with Gasteiger partial charge in [0.05, 0.1) is 23.3 Å². The Morgan fingerprint density at radius 1 is 0.938 bits per heavy atom. The maximum Gasteiger partial charge on any atom is 0.337 e. The first kappa shape index (κ1) is 23.0. The molecule has 3 aromatic carbocycles. The number of hydrogen-bond donors (Lipinski definition) is 1. The van der Waals surface area contributed by atoms with Gasteiger partial charge in [0.2, 0.25) is 5.91 Å². The molecule has 166 valence electrons. The molecule has 1 N–H and O–H groups in total. The number of carbonyl (C=O) groups excluding carboxylic acids is 2. The quantitative estimate of drug-likeness (QED) is 0.526. The van der Waals surface area contributed by atoms with Crippen LogP contribution in [0.2, 0.25) is 0 Å². The average Bonchev–Trinajstić information content (AvgIpc) is 2.81. The minimum absolute atomic E-state index is 0.131. The van der Waals surface area contributed by atoms with Gasteiger partial charge in [0.25, 0.3) is 10.0 Å². The van der Waals surface area contributed by atoms with Crippen molar-refractivity contribution in [2.45, 2.75) is 11.4 Å². The van der Waals surface area contributed by atoms with Crippen LogP contribution < -0.4 is 9.62 Å². The molecule has 0 bridgehead atoms. The molecule has 32 heavy (non-hydrogen) atoms. The van der Waals surface area contributed by atoms with Crippen LogP contribution in [0.25, 0.3) is 0 Å². The van der Waals surface area contributed by atoms with Crippen molar-refractivity contribution in [1.29, 1.82) is 0 Å². The van der Waals surface area contributed by atoms with E-state index in [9.17, 15) is 22.4 Å². The fourth-order valence-electron chi connectivity index (χ4n) is 2.91. The number of carbonyl (C=O) groups is 2. The van der Waals surface area contributed by atoms with Crippen LogP contribution in [0.3, 0.4) is 0 Å². The van der Waals surface area contributed by atoms with Crippen molar-refractivity contribution < 1.29 is 27.1 Å². The monoisotopic (exact) mass is 456 g/mol. The molecule has 0 aromatic heterocycles. The van der Waals surface area contributed by atoms with Crippen LogP contribution in [-0.2, 0) is 26.1 Å². The normalized spacial score (nSPS) is 10.9. The van der Waals surface area contributed by atoms with Crippen molar-refractivity contribution >= 4 is 27.6 Å². The smallest absolute Gasteiger partial charge is 0.337 e. The number of halogens is 1. The van der Waals surface area contributed by atoms with Gasteiger partial charge < -0.3 is 10.1 Å². The van der Waals surface area contributed by atoms with Crippen LogP contribution >= 0.6 is 0 Å². The molecule has 7 nitrogen and oxygen atoms in total. The fraction of sp³-hybridized carbons (Fsp3) is 0.130. The van der Waals surface area contributed by atoms with Gasteiger partial charge >= 0.3 is 5.97 Å². The summed E-state index contributed by atoms with van der Waals surface area (Å²) in [6.07, 6.45) is 0. The van der Waals surface area contributed by atoms with Gasteiger partial charge in [-0.3, -0.25) is 9.10 Å². The summed E-state index contributed by atoms with van der Waals surface area (Å²) in [5.41, 5.74) is 1.40. The number of methoxy groups -OCH3 is 1. The predicted octanol–water partition coefficient (Wildman–Crippen LogP) is 3.12. The molecule has 0 aliphatic rings. The number of benzene rings is 3. The Morgan fingerprint density at radius 3 is 2.16 bits per heavy atom. The van der Waals surface area contributed by atoms with E-state index in [-0.39, 0.29) is 11.4 Å². The highest BCUT2D eigenvalue weighted by Crippen LogP contribution is 2.23. The van der Waals surface area contributed by atoms with E-state index in [4.69, 9.17) is 0 Å². The van der Waals surface area contributed by atoms with E-state index in [0.717, 1.165) is 34.1 Å². The van der Waals surface area contributed by atoms with Gasteiger partial charge in [-0.15, -0.1) is 0 Å². The number of sulfonamides is 1. The number of amides is 1. The van der Waals surface area contributed by atoms with E-state index in [2.05, 4.69) is 10.1 Å². The lowest BCUT2D eigenvalue weighted by atomic mass is 10.1. The molecule has 0 radical (unpaired) electrons. The van der Waals surface area contributed by atoms with Crippen LogP contribution in [-0.4, -0.2) is 33.9 Å². The Bertz CT molecular complexity index is 1180. The molecule has 0 spiro atoms. The van der Waals surface area contributed by atoms with Crippen molar-refractivity contribution in [3.63, 3.8) is 0 Å². The maximum absolute atomic E-state index is 13.3. The molecule has 0 aliphatic carbocycles. The summed E-state index contributed by atoms with van der Waals surface area (Å²) in [7, 11) is -2.83. The number of rotatable bonds is 8. The highest BCUT2D eigenvalue weighted by atomic mass is 32.2. The zero-order valence-electron chi connectivity index (χ0n) is 17.2. The summed E-state index contributed by atoms with van der Waals surface area (Å²) in [4.78, 5) is 24.0. The van der Waals surface area contributed by atoms with Gasteiger partial charge in [-0.2, -0.15) is 0 Å². The Morgan fingerprint density at radius 2 is 1.56 bits per heavy atom. The topological polar surface area (TPSA) is 92.8 Å². The van der Waals surface area contributed by atoms with E-state index in [1.54, 1.807) is 54.6 Å². The SMILES string of the molecule is COC(=O)c1ccc(CNC(=O)CN(c2ccccc2)S(=O)(=O)c2ccc(F)cc2)cc1. The van der Waals surface area contributed by atoms with Crippen molar-refractivity contribution in [3.05, 3.63) is 95.8 Å². The largest absolute Gasteiger partial charge is 0.465 e. The van der Waals surface area contributed by atoms with E-state index in [1.165, 1.54) is 7.11 Å². The molecule has 0 heterocycles. The van der Waals surface area contributed by atoms with Crippen molar-refractivity contribution in [3.8, 4) is 0 Å². The first-order valence-electron chi connectivity index (χ1n) is 9.58. The van der Waals surface area contributed by atoms with Crippen molar-refractivity contribution in [2.24, 2.45) is 0 Å². The Kier molecular flexibility index (Phi) is 7.21. The molecule has 0 atom stereocenters. The summed E-state index contributed by atoms with van der Waals surface area (Å²) in [5, 5.41) is 2.67. The fourth-order valence-corrected chi connectivity index (χ4v) is 4.33. The molecular weight excluding hydrogens is 435 g/mol. The Hall–Kier alpha value is -3.72. The standard InChI is InChI=1S/C23H21FN2O5S/c1-31-23(28)18-9-7-17(8-10-18)15-25-22(27)16-26(20-5-3-2-4-6-20)32(29,30)21-13-11-19(24)12-14-21/h2-14H,15-16H2,1H3,(H,25,27). The van der Waals surface area contributed by atoms with Crippen molar-refractivity contribution in [1.82, 2.24) is 5.32 Å². The molecule has 1 amide bonds. The second kappa shape index (κ2) is 10.1. The lowest BCUT2D eigenvalue weighted by molar-refractivity contribution is -0.119. The maximum atomic E-state index is 13.3. The van der Waals surface area contributed by atoms with Gasteiger partial charge in [0.15, 0.2) is 0 Å². The highest BCUT2D eigenvalue weighted by Gasteiger charge is 2.27. The lowest BCUT2D eigenvalue weighted by Gasteiger charge is -2.24. The number of para-hydroxylation sites is 1. The van der Waals surface area contributed by atoms with Crippen LogP contribution in [0, 0.1) is 5.82 Å². The van der Waals surface area contributed by atoms with Crippen molar-refractivity contribution in [2.75, 3.05) is 18.0 Å². The third kappa shape index (κ3) is 5.50. The third-order valence-corrected chi connectivity index (χ3v) is 6.39. The zero-order chi connectivity index (χ0) is 23.1. The van der Waals surface area contributed by atoms with E-state index < -0.39 is 34.3 Å². The summed E-state index contributed by atoms with van der Waals surface area (Å²) < 4.78 is 45.2. The summed E-state index contributed by atoms with van der Waals surface area (Å²) >= 11 is 0. The molecule has 3 aromatic rings. The van der Waals surface area contributed by atoms with Crippen LogP contribution in [0.15, 0.2) is 83.8 Å². The summed E-state index contributed by atoms with van der Waals surface area (Å²) in [6, 6.07) is 19.1. The van der Waals surface area contributed by atoms with E-state index >= 15 is 0 Å². The van der Waals surface area contributed by atoms with E-state index in [0.29, 0.717) is 11.3 Å². The molecule has 3 rings (SSSR count). The van der Waals surface area contributed by atoms with E-state index in [1.807, 2.05) is 0 Å². The Balaban J connectivity index is 1.76. The molecular formula is C23H21FN2O5S. The molecule has 0 aliphatic heterocycles. The minimum atomic E-state index is -4.11. The van der Waals surface area contributed by atoms with Crippen LogP contribution in [0.5, 0.6) is 0 Å². The summed E-state index contributed by atoms with van der Waals surface area (Å²) in [6.45, 7) is -0.330. The van der Waals surface area contributed by atoms with Crippen LogP contribution in [0.4, 0.5) is 10.1 Å². The van der Waals surface area contributed by atoms with Crippen LogP contribution in [0.1, 0.15) is 15.9 Å². The molecule has 0 saturated carbocycles. The minimum Gasteiger partial charge on any atom is -0.465 e. The second-order valence-corrected chi connectivity index (χ2v) is 8.63. The lowest BCUT2D eigenvalue weighted by Crippen LogP contribution is -2.40. The first-order valence-corrected chi connectivity index (χ1v) is 11.0. The molecule has 0 saturated heterocycles. The highest BCUT2D eigenvalue weighted by molar-refractivity contribution is 7.92. The zero-order valence-corrected chi connectivity index (χ0v) is 18.0. The number of nitrogens with zero attached hydrogens (tertiary/aromatic N) is 1. The number of nitrogens with one attached hydrogen (secondary N) is 1. The number of esters is 1. The molecule has 0 unspecified atom stereocenters. The number of hydrogen-bond acceptors (Lipinski definition) is 5. The predicted molar refractivity (Wildman–Crippen MR) is 117 cm³/mol. The third-order valence-electron chi connectivity index (χ3n) is 4.60. The van der Waals surface area contributed by atoms with Gasteiger partial charge in [-0.25, -0.2) is 17.6 Å². The molecule has 0 fully saturated rings. The summed E-state index contributed by atoms with van der Waals surface area (Å²) in [5.74, 6) is -1.56. The first-order chi connectivity index (χ1) is 15.3. The van der Waals surface area contributed by atoms with Gasteiger partial charge in [-0.05, 0) is 54.1 Å². The second-order valence-electron chi connectivity index (χ2n) is 6.77. The average molecular weight is 456 g/mol. The van der Waals surface area contributed by atoms with Gasteiger partial charge in [-0.1, -0.05) is 30.3 Å². The van der Waals surface area contributed by atoms with Gasteiger partial charge in [0, 0.05) is 6.54 Å².